The van der Waals surface area contributed by atoms with Gasteiger partial charge in [0.05, 0.1) is 24.2 Å². The Morgan fingerprint density at radius 2 is 1.74 bits per heavy atom. The maximum Gasteiger partial charge on any atom is 0.164 e. The lowest BCUT2D eigenvalue weighted by Gasteiger charge is -2.12. The van der Waals surface area contributed by atoms with Crippen LogP contribution in [-0.4, -0.2) is 24.6 Å². The first-order chi connectivity index (χ1) is 15.1. The predicted molar refractivity (Wildman–Crippen MR) is 118 cm³/mol. The molecule has 0 amide bonds. The van der Waals surface area contributed by atoms with E-state index in [9.17, 15) is 9.50 Å². The van der Waals surface area contributed by atoms with Gasteiger partial charge in [0.2, 0.25) is 0 Å². The molecule has 6 nitrogen and oxygen atoms in total. The van der Waals surface area contributed by atoms with E-state index >= 15 is 0 Å². The largest absolute Gasteiger partial charge is 0.392 e. The minimum atomic E-state index is -0.306. The highest BCUT2D eigenvalue weighted by Gasteiger charge is 2.17. The molecule has 0 fully saturated rings. The first kappa shape index (κ1) is 18.9. The van der Waals surface area contributed by atoms with Gasteiger partial charge < -0.3 is 10.8 Å². The number of hydrogen-bond acceptors (Lipinski definition) is 5. The number of aliphatic hydroxyl groups excluding tert-OH is 1. The molecule has 7 heteroatoms. The first-order valence-electron chi connectivity index (χ1n) is 9.69. The number of halogens is 1. The van der Waals surface area contributed by atoms with Crippen molar-refractivity contribution in [1.29, 1.82) is 0 Å². The lowest BCUT2D eigenvalue weighted by Crippen LogP contribution is -2.02. The highest BCUT2D eigenvalue weighted by atomic mass is 19.1. The van der Waals surface area contributed by atoms with Crippen LogP contribution in [0.3, 0.4) is 0 Å². The van der Waals surface area contributed by atoms with Crippen molar-refractivity contribution in [2.75, 3.05) is 5.73 Å². The van der Waals surface area contributed by atoms with Crippen LogP contribution in [0.1, 0.15) is 5.56 Å². The third-order valence-corrected chi connectivity index (χ3v) is 5.14. The van der Waals surface area contributed by atoms with E-state index in [0.29, 0.717) is 22.7 Å². The van der Waals surface area contributed by atoms with Crippen LogP contribution in [0.5, 0.6) is 0 Å². The van der Waals surface area contributed by atoms with Crippen LogP contribution < -0.4 is 5.73 Å². The van der Waals surface area contributed by atoms with E-state index in [2.05, 4.69) is 9.97 Å². The molecule has 3 heterocycles. The van der Waals surface area contributed by atoms with Gasteiger partial charge in [0, 0.05) is 23.0 Å². The molecule has 0 saturated heterocycles. The molecule has 0 aliphatic heterocycles. The highest BCUT2D eigenvalue weighted by molar-refractivity contribution is 5.87. The van der Waals surface area contributed by atoms with E-state index in [1.165, 1.54) is 12.1 Å². The topological polar surface area (TPSA) is 89.9 Å². The highest BCUT2D eigenvalue weighted by Crippen LogP contribution is 2.33. The number of hydrogen-bond donors (Lipinski definition) is 2. The number of benzene rings is 2. The summed E-state index contributed by atoms with van der Waals surface area (Å²) in [5.41, 5.74) is 12.1. The number of nitrogens with zero attached hydrogens (tertiary/aromatic N) is 4. The van der Waals surface area contributed by atoms with Crippen molar-refractivity contribution in [3.8, 4) is 28.2 Å². The molecule has 0 atom stereocenters. The summed E-state index contributed by atoms with van der Waals surface area (Å²) in [6.45, 7) is -0.0381. The van der Waals surface area contributed by atoms with Gasteiger partial charge in [-0.1, -0.05) is 12.1 Å². The summed E-state index contributed by atoms with van der Waals surface area (Å²) in [6, 6.07) is 19.3. The monoisotopic (exact) mass is 411 g/mol. The molecule has 0 saturated carbocycles. The second-order valence-corrected chi connectivity index (χ2v) is 7.10. The number of pyridine rings is 1. The van der Waals surface area contributed by atoms with Gasteiger partial charge in [0.25, 0.3) is 0 Å². The number of anilines is 1. The molecule has 0 spiro atoms. The Morgan fingerprint density at radius 1 is 0.968 bits per heavy atom. The second kappa shape index (κ2) is 7.62. The Bertz CT molecular complexity index is 1380. The smallest absolute Gasteiger partial charge is 0.164 e. The van der Waals surface area contributed by atoms with Crippen molar-refractivity contribution in [1.82, 2.24) is 19.5 Å². The molecule has 5 rings (SSSR count). The SMILES string of the molecule is Nc1ncccc1-c1cc2ncc(-c3ccc(F)cc3)nc2n1-c1ccc(CO)cc1. The normalized spacial score (nSPS) is 11.2. The molecule has 5 aromatic rings. The first-order valence-corrected chi connectivity index (χ1v) is 9.69. The molecule has 0 radical (unpaired) electrons. The molecule has 3 aromatic heterocycles. The van der Waals surface area contributed by atoms with Crippen LogP contribution in [0.25, 0.3) is 39.4 Å². The lowest BCUT2D eigenvalue weighted by molar-refractivity contribution is 0.282. The molecule has 0 aliphatic rings. The van der Waals surface area contributed by atoms with E-state index < -0.39 is 0 Å². The van der Waals surface area contributed by atoms with Gasteiger partial charge in [0.15, 0.2) is 5.65 Å². The maximum absolute atomic E-state index is 13.4. The van der Waals surface area contributed by atoms with Crippen molar-refractivity contribution in [2.24, 2.45) is 0 Å². The molecule has 152 valence electrons. The zero-order valence-corrected chi connectivity index (χ0v) is 16.4. The van der Waals surface area contributed by atoms with Crippen LogP contribution in [0.2, 0.25) is 0 Å². The van der Waals surface area contributed by atoms with Crippen molar-refractivity contribution < 1.29 is 9.50 Å². The van der Waals surface area contributed by atoms with Crippen LogP contribution in [0.15, 0.2) is 79.1 Å². The van der Waals surface area contributed by atoms with Gasteiger partial charge in [0.1, 0.15) is 17.2 Å². The molecule has 2 aromatic carbocycles. The number of nitrogen functional groups attached to an aromatic ring is 1. The lowest BCUT2D eigenvalue weighted by atomic mass is 10.1. The quantitative estimate of drug-likeness (QED) is 0.459. The van der Waals surface area contributed by atoms with Gasteiger partial charge in [-0.3, -0.25) is 9.55 Å². The fourth-order valence-electron chi connectivity index (χ4n) is 3.57. The number of nitrogens with two attached hydrogens (primary N) is 1. The molecular formula is C24H18FN5O. The van der Waals surface area contributed by atoms with Crippen molar-refractivity contribution in [2.45, 2.75) is 6.61 Å². The Kier molecular flexibility index (Phi) is 4.65. The third kappa shape index (κ3) is 3.41. The minimum Gasteiger partial charge on any atom is -0.392 e. The number of rotatable bonds is 4. The summed E-state index contributed by atoms with van der Waals surface area (Å²) in [4.78, 5) is 13.7. The summed E-state index contributed by atoms with van der Waals surface area (Å²) in [7, 11) is 0. The Hall–Kier alpha value is -4.10. The van der Waals surface area contributed by atoms with E-state index in [1.807, 2.05) is 47.0 Å². The summed E-state index contributed by atoms with van der Waals surface area (Å²) < 4.78 is 15.3. The van der Waals surface area contributed by atoms with Crippen LogP contribution in [-0.2, 0) is 6.61 Å². The van der Waals surface area contributed by atoms with Gasteiger partial charge in [-0.05, 0) is 60.2 Å². The molecule has 0 bridgehead atoms. The van der Waals surface area contributed by atoms with Gasteiger partial charge >= 0.3 is 0 Å². The molecule has 0 aliphatic carbocycles. The van der Waals surface area contributed by atoms with Gasteiger partial charge in [-0.2, -0.15) is 0 Å². The maximum atomic E-state index is 13.4. The van der Waals surface area contributed by atoms with Crippen LogP contribution in [0.4, 0.5) is 10.2 Å². The summed E-state index contributed by atoms with van der Waals surface area (Å²) >= 11 is 0. The minimum absolute atomic E-state index is 0.0381. The van der Waals surface area contributed by atoms with E-state index in [4.69, 9.17) is 10.7 Å². The van der Waals surface area contributed by atoms with Crippen molar-refractivity contribution in [3.63, 3.8) is 0 Å². The van der Waals surface area contributed by atoms with Crippen molar-refractivity contribution >= 4 is 17.0 Å². The predicted octanol–water partition coefficient (Wildman–Crippen LogP) is 4.36. The number of aromatic nitrogens is 4. The fraction of sp³-hybridized carbons (Fsp3) is 0.0417. The Morgan fingerprint density at radius 3 is 2.45 bits per heavy atom. The third-order valence-electron chi connectivity index (χ3n) is 5.14. The fourth-order valence-corrected chi connectivity index (χ4v) is 3.57. The Balaban J connectivity index is 1.77. The van der Waals surface area contributed by atoms with E-state index in [1.54, 1.807) is 24.5 Å². The molecular weight excluding hydrogens is 393 g/mol. The van der Waals surface area contributed by atoms with Gasteiger partial charge in [-0.25, -0.2) is 14.4 Å². The number of fused-ring (bicyclic) bond motifs is 1. The van der Waals surface area contributed by atoms with E-state index in [0.717, 1.165) is 28.1 Å². The van der Waals surface area contributed by atoms with Gasteiger partial charge in [-0.15, -0.1) is 0 Å². The summed E-state index contributed by atoms with van der Waals surface area (Å²) in [5.74, 6) is 0.0942. The molecule has 31 heavy (non-hydrogen) atoms. The number of aliphatic hydroxyl groups is 1. The molecule has 0 unspecified atom stereocenters. The van der Waals surface area contributed by atoms with E-state index in [-0.39, 0.29) is 12.4 Å². The standard InChI is InChI=1S/C24H18FN5O/c25-17-7-5-16(6-8-17)21-13-28-20-12-22(19-2-1-11-27-23(19)26)30(24(20)29-21)18-9-3-15(14-31)4-10-18/h1-13,31H,14H2,(H2,26,27). The Labute approximate surface area is 177 Å². The summed E-state index contributed by atoms with van der Waals surface area (Å²) in [6.07, 6.45) is 3.32. The molecule has 3 N–H and O–H groups in total. The average Bonchev–Trinajstić information content (AvgIpc) is 3.18. The zero-order chi connectivity index (χ0) is 21.4. The average molecular weight is 411 g/mol. The van der Waals surface area contributed by atoms with Crippen LogP contribution in [0, 0.1) is 5.82 Å². The van der Waals surface area contributed by atoms with Crippen molar-refractivity contribution in [3.05, 3.63) is 90.5 Å². The summed E-state index contributed by atoms with van der Waals surface area (Å²) in [5, 5.41) is 9.40. The second-order valence-electron chi connectivity index (χ2n) is 7.10. The zero-order valence-electron chi connectivity index (χ0n) is 16.4. The van der Waals surface area contributed by atoms with Crippen LogP contribution >= 0.6 is 0 Å².